The van der Waals surface area contributed by atoms with E-state index < -0.39 is 0 Å². The van der Waals surface area contributed by atoms with Crippen molar-refractivity contribution in [3.05, 3.63) is 65.7 Å². The summed E-state index contributed by atoms with van der Waals surface area (Å²) < 4.78 is 25.7. The fraction of sp³-hybridized carbons (Fsp3) is 0.200. The van der Waals surface area contributed by atoms with Gasteiger partial charge in [-0.15, -0.1) is 11.8 Å². The number of benzene rings is 2. The molecule has 2 unspecified atom stereocenters. The molecule has 0 aromatic heterocycles. The lowest BCUT2D eigenvalue weighted by Gasteiger charge is -2.20. The van der Waals surface area contributed by atoms with Crippen molar-refractivity contribution in [2.75, 3.05) is 0 Å². The Morgan fingerprint density at radius 3 is 1.89 bits per heavy atom. The molecule has 100 valence electrons. The first-order valence-electron chi connectivity index (χ1n) is 5.99. The third kappa shape index (κ3) is 3.78. The van der Waals surface area contributed by atoms with Gasteiger partial charge in [-0.25, -0.2) is 8.78 Å². The van der Waals surface area contributed by atoms with E-state index in [0.717, 1.165) is 10.5 Å². The highest BCUT2D eigenvalue weighted by Crippen LogP contribution is 2.30. The number of halogens is 2. The molecule has 4 heteroatoms. The standard InChI is InChI=1S/C15H15F2NS/c1-10(19-14-8-6-13(17)7-9-14)15(18)11-2-4-12(16)5-3-11/h2-10,15H,18H2,1H3. The van der Waals surface area contributed by atoms with E-state index >= 15 is 0 Å². The maximum atomic E-state index is 12.9. The number of nitrogens with two attached hydrogens (primary N) is 1. The summed E-state index contributed by atoms with van der Waals surface area (Å²) in [5, 5.41) is 0.107. The molecule has 0 amide bonds. The summed E-state index contributed by atoms with van der Waals surface area (Å²) in [6.45, 7) is 2.00. The highest BCUT2D eigenvalue weighted by molar-refractivity contribution is 8.00. The fourth-order valence-electron chi connectivity index (χ4n) is 1.76. The van der Waals surface area contributed by atoms with Crippen LogP contribution in [0.2, 0.25) is 0 Å². The van der Waals surface area contributed by atoms with Gasteiger partial charge in [0, 0.05) is 16.2 Å². The molecule has 2 aromatic rings. The molecule has 0 fully saturated rings. The van der Waals surface area contributed by atoms with Gasteiger partial charge in [0.1, 0.15) is 11.6 Å². The first-order chi connectivity index (χ1) is 9.06. The average Bonchev–Trinajstić information content (AvgIpc) is 2.41. The minimum atomic E-state index is -0.269. The summed E-state index contributed by atoms with van der Waals surface area (Å²) in [7, 11) is 0. The monoisotopic (exact) mass is 279 g/mol. The van der Waals surface area contributed by atoms with Gasteiger partial charge in [0.25, 0.3) is 0 Å². The Labute approximate surface area is 115 Å². The van der Waals surface area contributed by atoms with Gasteiger partial charge in [0.2, 0.25) is 0 Å². The van der Waals surface area contributed by atoms with E-state index in [2.05, 4.69) is 0 Å². The van der Waals surface area contributed by atoms with Crippen LogP contribution >= 0.6 is 11.8 Å². The van der Waals surface area contributed by atoms with Gasteiger partial charge in [-0.3, -0.25) is 0 Å². The Balaban J connectivity index is 2.04. The molecule has 2 atom stereocenters. The molecule has 1 nitrogen and oxygen atoms in total. The van der Waals surface area contributed by atoms with Crippen LogP contribution < -0.4 is 5.73 Å². The lowest BCUT2D eigenvalue weighted by atomic mass is 10.1. The van der Waals surface area contributed by atoms with Gasteiger partial charge in [0.05, 0.1) is 0 Å². The van der Waals surface area contributed by atoms with Crippen molar-refractivity contribution in [1.82, 2.24) is 0 Å². The predicted molar refractivity (Wildman–Crippen MR) is 75.0 cm³/mol. The van der Waals surface area contributed by atoms with Gasteiger partial charge in [0.15, 0.2) is 0 Å². The zero-order valence-corrected chi connectivity index (χ0v) is 11.3. The van der Waals surface area contributed by atoms with Crippen molar-refractivity contribution in [3.8, 4) is 0 Å². The molecule has 0 aliphatic carbocycles. The molecule has 0 aliphatic heterocycles. The summed E-state index contributed by atoms with van der Waals surface area (Å²) in [4.78, 5) is 0.964. The van der Waals surface area contributed by atoms with Crippen LogP contribution in [0.25, 0.3) is 0 Å². The second kappa shape index (κ2) is 6.17. The Morgan fingerprint density at radius 1 is 0.895 bits per heavy atom. The zero-order chi connectivity index (χ0) is 13.8. The number of hydrogen-bond acceptors (Lipinski definition) is 2. The van der Waals surface area contributed by atoms with Crippen molar-refractivity contribution in [2.45, 2.75) is 23.1 Å². The van der Waals surface area contributed by atoms with Gasteiger partial charge in [-0.1, -0.05) is 19.1 Å². The van der Waals surface area contributed by atoms with Crippen LogP contribution in [0.4, 0.5) is 8.78 Å². The van der Waals surface area contributed by atoms with Gasteiger partial charge in [-0.05, 0) is 42.0 Å². The Hall–Kier alpha value is -1.39. The third-order valence-electron chi connectivity index (χ3n) is 2.90. The largest absolute Gasteiger partial charge is 0.323 e. The lowest BCUT2D eigenvalue weighted by molar-refractivity contribution is 0.624. The van der Waals surface area contributed by atoms with Crippen LogP contribution in [0.5, 0.6) is 0 Å². The maximum Gasteiger partial charge on any atom is 0.123 e. The zero-order valence-electron chi connectivity index (χ0n) is 10.5. The third-order valence-corrected chi connectivity index (χ3v) is 4.11. The van der Waals surface area contributed by atoms with Gasteiger partial charge < -0.3 is 5.73 Å². The molecule has 0 saturated carbocycles. The predicted octanol–water partition coefficient (Wildman–Crippen LogP) is 4.15. The van der Waals surface area contributed by atoms with Gasteiger partial charge >= 0.3 is 0 Å². The SMILES string of the molecule is CC(Sc1ccc(F)cc1)C(N)c1ccc(F)cc1. The second-order valence-electron chi connectivity index (χ2n) is 4.35. The summed E-state index contributed by atoms with van der Waals surface area (Å²) in [6.07, 6.45) is 0. The van der Waals surface area contributed by atoms with Crippen LogP contribution in [0, 0.1) is 11.6 Å². The van der Waals surface area contributed by atoms with Crippen LogP contribution in [-0.4, -0.2) is 5.25 Å². The summed E-state index contributed by atoms with van der Waals surface area (Å²) in [6, 6.07) is 12.3. The van der Waals surface area contributed by atoms with E-state index in [1.54, 1.807) is 36.0 Å². The average molecular weight is 279 g/mol. The topological polar surface area (TPSA) is 26.0 Å². The van der Waals surface area contributed by atoms with Crippen LogP contribution in [-0.2, 0) is 0 Å². The van der Waals surface area contributed by atoms with E-state index in [-0.39, 0.29) is 22.9 Å². The Bertz CT molecular complexity index is 525. The normalized spacial score (nSPS) is 14.1. The van der Waals surface area contributed by atoms with Crippen molar-refractivity contribution in [3.63, 3.8) is 0 Å². The summed E-state index contributed by atoms with van der Waals surface area (Å²) in [5.41, 5.74) is 7.04. The van der Waals surface area contributed by atoms with Crippen LogP contribution in [0.3, 0.4) is 0 Å². The molecule has 2 rings (SSSR count). The van der Waals surface area contributed by atoms with E-state index in [0.29, 0.717) is 0 Å². The maximum absolute atomic E-state index is 12.9. The lowest BCUT2D eigenvalue weighted by Crippen LogP contribution is -2.21. The molecule has 2 N–H and O–H groups in total. The Kier molecular flexibility index (Phi) is 4.56. The summed E-state index contributed by atoms with van der Waals surface area (Å²) >= 11 is 1.57. The van der Waals surface area contributed by atoms with E-state index in [1.807, 2.05) is 6.92 Å². The van der Waals surface area contributed by atoms with E-state index in [1.165, 1.54) is 24.3 Å². The molecule has 0 aliphatic rings. The minimum Gasteiger partial charge on any atom is -0.323 e. The molecule has 0 radical (unpaired) electrons. The molecule has 0 heterocycles. The quantitative estimate of drug-likeness (QED) is 0.851. The molecule has 2 aromatic carbocycles. The Morgan fingerprint density at radius 2 is 1.37 bits per heavy atom. The number of thioether (sulfide) groups is 1. The number of rotatable bonds is 4. The van der Waals surface area contributed by atoms with E-state index in [4.69, 9.17) is 5.73 Å². The minimum absolute atomic E-state index is 0.107. The van der Waals surface area contributed by atoms with Crippen molar-refractivity contribution in [1.29, 1.82) is 0 Å². The van der Waals surface area contributed by atoms with Crippen LogP contribution in [0.1, 0.15) is 18.5 Å². The first kappa shape index (κ1) is 14.0. The molecular formula is C15H15F2NS. The molecule has 0 saturated heterocycles. The van der Waals surface area contributed by atoms with Crippen LogP contribution in [0.15, 0.2) is 53.4 Å². The fourth-order valence-corrected chi connectivity index (χ4v) is 2.78. The molecule has 19 heavy (non-hydrogen) atoms. The second-order valence-corrected chi connectivity index (χ2v) is 5.80. The van der Waals surface area contributed by atoms with Crippen molar-refractivity contribution >= 4 is 11.8 Å². The molecule has 0 spiro atoms. The molecular weight excluding hydrogens is 264 g/mol. The van der Waals surface area contributed by atoms with Crippen molar-refractivity contribution < 1.29 is 8.78 Å². The van der Waals surface area contributed by atoms with E-state index in [9.17, 15) is 8.78 Å². The number of hydrogen-bond donors (Lipinski definition) is 1. The smallest absolute Gasteiger partial charge is 0.123 e. The first-order valence-corrected chi connectivity index (χ1v) is 6.87. The highest BCUT2D eigenvalue weighted by Gasteiger charge is 2.16. The van der Waals surface area contributed by atoms with Crippen molar-refractivity contribution in [2.24, 2.45) is 5.73 Å². The summed E-state index contributed by atoms with van der Waals surface area (Å²) in [5.74, 6) is -0.519. The molecule has 0 bridgehead atoms. The van der Waals surface area contributed by atoms with Gasteiger partial charge in [-0.2, -0.15) is 0 Å². The highest BCUT2D eigenvalue weighted by atomic mass is 32.2.